The second kappa shape index (κ2) is 6.27. The molecule has 3 N–H and O–H groups in total. The van der Waals surface area contributed by atoms with E-state index in [2.05, 4.69) is 10.6 Å². The number of aryl methyl sites for hydroxylation is 1. The van der Waals surface area contributed by atoms with Crippen LogP contribution in [-0.2, 0) is 19.9 Å². The number of hydrogen-bond acceptors (Lipinski definition) is 5. The smallest absolute Gasteiger partial charge is 0.250 e. The maximum atomic E-state index is 13.4. The molecular formula is C20H24ClN3O4. The first-order valence-electron chi connectivity index (χ1n) is 9.59. The van der Waals surface area contributed by atoms with Crippen molar-refractivity contribution in [2.45, 2.75) is 57.8 Å². The first-order valence-corrected chi connectivity index (χ1v) is 9.97. The molecule has 1 aromatic carbocycles. The Hall–Kier alpha value is -1.96. The van der Waals surface area contributed by atoms with Crippen LogP contribution < -0.4 is 10.6 Å². The summed E-state index contributed by atoms with van der Waals surface area (Å²) in [6, 6.07) is 2.42. The van der Waals surface area contributed by atoms with Crippen LogP contribution in [0.25, 0.3) is 0 Å². The Balaban J connectivity index is 1.94. The van der Waals surface area contributed by atoms with Gasteiger partial charge in [0, 0.05) is 28.4 Å². The molecule has 2 saturated heterocycles. The van der Waals surface area contributed by atoms with E-state index in [0.717, 1.165) is 5.56 Å². The van der Waals surface area contributed by atoms with E-state index in [4.69, 9.17) is 11.6 Å². The van der Waals surface area contributed by atoms with Gasteiger partial charge in [-0.2, -0.15) is 0 Å². The van der Waals surface area contributed by atoms with E-state index < -0.39 is 35.4 Å². The third-order valence-corrected chi connectivity index (χ3v) is 6.72. The van der Waals surface area contributed by atoms with E-state index in [-0.39, 0.29) is 17.9 Å². The number of aliphatic hydroxyl groups excluding tert-OH is 1. The highest BCUT2D eigenvalue weighted by Crippen LogP contribution is 2.54. The van der Waals surface area contributed by atoms with E-state index in [1.807, 2.05) is 20.8 Å². The summed E-state index contributed by atoms with van der Waals surface area (Å²) in [7, 11) is 0. The normalized spacial score (nSPS) is 33.3. The zero-order valence-electron chi connectivity index (χ0n) is 16.2. The molecule has 7 nitrogen and oxygen atoms in total. The second-order valence-corrected chi connectivity index (χ2v) is 8.56. The van der Waals surface area contributed by atoms with E-state index in [9.17, 15) is 19.5 Å². The molecule has 0 aromatic heterocycles. The average molecular weight is 406 g/mol. The third-order valence-electron chi connectivity index (χ3n) is 6.51. The Labute approximate surface area is 168 Å². The number of carbonyl (C=O) groups excluding carboxylic acids is 3. The monoisotopic (exact) mass is 405 g/mol. The summed E-state index contributed by atoms with van der Waals surface area (Å²) < 4.78 is 0. The quantitative estimate of drug-likeness (QED) is 0.663. The van der Waals surface area contributed by atoms with Crippen LogP contribution in [0.4, 0.5) is 5.69 Å². The van der Waals surface area contributed by atoms with Gasteiger partial charge in [-0.25, -0.2) is 0 Å². The van der Waals surface area contributed by atoms with Gasteiger partial charge in [0.15, 0.2) is 0 Å². The topological polar surface area (TPSA) is 98.7 Å². The van der Waals surface area contributed by atoms with Crippen molar-refractivity contribution in [3.63, 3.8) is 0 Å². The van der Waals surface area contributed by atoms with Crippen LogP contribution >= 0.6 is 11.6 Å². The summed E-state index contributed by atoms with van der Waals surface area (Å²) in [5.74, 6) is -2.83. The van der Waals surface area contributed by atoms with Crippen molar-refractivity contribution in [3.8, 4) is 0 Å². The minimum absolute atomic E-state index is 0.276. The number of carbonyl (C=O) groups is 3. The molecule has 150 valence electrons. The zero-order valence-corrected chi connectivity index (χ0v) is 17.0. The summed E-state index contributed by atoms with van der Waals surface area (Å²) in [4.78, 5) is 41.1. The van der Waals surface area contributed by atoms with Gasteiger partial charge in [-0.1, -0.05) is 18.5 Å². The lowest BCUT2D eigenvalue weighted by molar-refractivity contribution is -0.145. The minimum atomic E-state index is -1.42. The maximum Gasteiger partial charge on any atom is 0.250 e. The predicted octanol–water partition coefficient (Wildman–Crippen LogP) is 1.55. The molecule has 0 radical (unpaired) electrons. The summed E-state index contributed by atoms with van der Waals surface area (Å²) >= 11 is 6.27. The Morgan fingerprint density at radius 3 is 2.54 bits per heavy atom. The van der Waals surface area contributed by atoms with Crippen LogP contribution in [0.15, 0.2) is 12.1 Å². The van der Waals surface area contributed by atoms with E-state index in [1.54, 1.807) is 19.1 Å². The van der Waals surface area contributed by atoms with Crippen molar-refractivity contribution in [3.05, 3.63) is 28.3 Å². The molecule has 3 amide bonds. The van der Waals surface area contributed by atoms with Crippen LogP contribution in [0.5, 0.6) is 0 Å². The van der Waals surface area contributed by atoms with Crippen molar-refractivity contribution in [1.29, 1.82) is 0 Å². The standard InChI is InChI=1S/C20H24ClN3O4/c1-5-9(3)24-17(26)13-14(18(24)27)20(23-16(13)10(4)25)12-7-11(21)6-8(2)15(12)22-19(20)28/h6-7,9-10,13-14,16,23,25H,5H2,1-4H3,(H,22,28)/t9-,10-,13+,14+,16-,20+/m1/s1. The fourth-order valence-corrected chi connectivity index (χ4v) is 5.29. The molecule has 0 unspecified atom stereocenters. The van der Waals surface area contributed by atoms with Crippen LogP contribution in [0, 0.1) is 18.8 Å². The highest BCUT2D eigenvalue weighted by atomic mass is 35.5. The number of fused-ring (bicyclic) bond motifs is 4. The highest BCUT2D eigenvalue weighted by Gasteiger charge is 2.71. The van der Waals surface area contributed by atoms with Gasteiger partial charge in [0.25, 0.3) is 0 Å². The molecule has 0 aliphatic carbocycles. The van der Waals surface area contributed by atoms with Gasteiger partial charge in [-0.15, -0.1) is 0 Å². The molecule has 6 atom stereocenters. The molecule has 3 aliphatic rings. The van der Waals surface area contributed by atoms with Crippen LogP contribution in [0.1, 0.15) is 38.3 Å². The van der Waals surface area contributed by atoms with Crippen molar-refractivity contribution in [1.82, 2.24) is 10.2 Å². The minimum Gasteiger partial charge on any atom is -0.392 e. The number of imide groups is 1. The summed E-state index contributed by atoms with van der Waals surface area (Å²) in [5, 5.41) is 16.9. The van der Waals surface area contributed by atoms with Crippen molar-refractivity contribution in [2.75, 3.05) is 5.32 Å². The highest BCUT2D eigenvalue weighted by molar-refractivity contribution is 6.31. The van der Waals surface area contributed by atoms with Gasteiger partial charge in [-0.3, -0.25) is 24.6 Å². The first kappa shape index (κ1) is 19.4. The van der Waals surface area contributed by atoms with Crippen LogP contribution in [0.3, 0.4) is 0 Å². The predicted molar refractivity (Wildman–Crippen MR) is 104 cm³/mol. The molecular weight excluding hydrogens is 382 g/mol. The van der Waals surface area contributed by atoms with Gasteiger partial charge in [0.1, 0.15) is 5.54 Å². The average Bonchev–Trinajstić information content (AvgIpc) is 3.21. The lowest BCUT2D eigenvalue weighted by atomic mass is 9.76. The van der Waals surface area contributed by atoms with Crippen molar-refractivity contribution >= 4 is 35.0 Å². The Kier molecular flexibility index (Phi) is 4.34. The number of halogens is 1. The third kappa shape index (κ3) is 2.27. The molecule has 2 fully saturated rings. The number of anilines is 1. The van der Waals surface area contributed by atoms with Gasteiger partial charge in [0.2, 0.25) is 17.7 Å². The molecule has 0 bridgehead atoms. The molecule has 4 rings (SSSR count). The second-order valence-electron chi connectivity index (χ2n) is 8.13. The lowest BCUT2D eigenvalue weighted by Gasteiger charge is -2.31. The van der Waals surface area contributed by atoms with Crippen LogP contribution in [0.2, 0.25) is 5.02 Å². The molecule has 8 heteroatoms. The number of benzene rings is 1. The molecule has 3 heterocycles. The largest absolute Gasteiger partial charge is 0.392 e. The van der Waals surface area contributed by atoms with Crippen molar-refractivity contribution < 1.29 is 19.5 Å². The maximum absolute atomic E-state index is 13.4. The lowest BCUT2D eigenvalue weighted by Crippen LogP contribution is -2.55. The molecule has 0 saturated carbocycles. The van der Waals surface area contributed by atoms with Crippen molar-refractivity contribution in [2.24, 2.45) is 11.8 Å². The SMILES string of the molecule is CC[C@@H](C)N1C(=O)[C@@H]2[C@@H]([C@@H](C)O)N[C@]3(C(=O)Nc4c(C)cc(Cl)cc43)[C@@H]2C1=O. The first-order chi connectivity index (χ1) is 13.1. The molecule has 3 aliphatic heterocycles. The Morgan fingerprint density at radius 2 is 1.93 bits per heavy atom. The number of nitrogens with one attached hydrogen (secondary N) is 2. The number of nitrogens with zero attached hydrogens (tertiary/aromatic N) is 1. The summed E-state index contributed by atoms with van der Waals surface area (Å²) in [6.45, 7) is 7.11. The molecule has 28 heavy (non-hydrogen) atoms. The van der Waals surface area contributed by atoms with Gasteiger partial charge < -0.3 is 10.4 Å². The molecule has 1 spiro atoms. The zero-order chi connectivity index (χ0) is 20.5. The van der Waals surface area contributed by atoms with E-state index >= 15 is 0 Å². The number of likely N-dealkylation sites (tertiary alicyclic amines) is 1. The van der Waals surface area contributed by atoms with E-state index in [1.165, 1.54) is 4.90 Å². The number of amides is 3. The van der Waals surface area contributed by atoms with Crippen LogP contribution in [-0.4, -0.2) is 45.9 Å². The van der Waals surface area contributed by atoms with Gasteiger partial charge in [-0.05, 0) is 44.9 Å². The summed E-state index contributed by atoms with van der Waals surface area (Å²) in [6.07, 6.45) is -0.303. The van der Waals surface area contributed by atoms with E-state index in [0.29, 0.717) is 22.7 Å². The fraction of sp³-hybridized carbons (Fsp3) is 0.550. The van der Waals surface area contributed by atoms with Gasteiger partial charge in [0.05, 0.1) is 17.9 Å². The number of aliphatic hydroxyl groups is 1. The van der Waals surface area contributed by atoms with Gasteiger partial charge >= 0.3 is 0 Å². The summed E-state index contributed by atoms with van der Waals surface area (Å²) in [5.41, 5.74) is 0.524. The number of rotatable bonds is 3. The Bertz CT molecular complexity index is 902. The number of hydrogen-bond donors (Lipinski definition) is 3. The Morgan fingerprint density at radius 1 is 1.25 bits per heavy atom. The fourth-order valence-electron chi connectivity index (χ4n) is 5.02. The molecule has 1 aromatic rings.